The number of rotatable bonds is 5. The number of hydrogen-bond acceptors (Lipinski definition) is 3. The van der Waals surface area contributed by atoms with Crippen molar-refractivity contribution in [2.24, 2.45) is 5.73 Å². The molecule has 0 spiro atoms. The highest BCUT2D eigenvalue weighted by Crippen LogP contribution is 2.12. The van der Waals surface area contributed by atoms with Crippen LogP contribution >= 0.6 is 0 Å². The van der Waals surface area contributed by atoms with Crippen LogP contribution in [0.1, 0.15) is 11.3 Å². The third-order valence-corrected chi connectivity index (χ3v) is 4.04. The molecule has 0 amide bonds. The summed E-state index contributed by atoms with van der Waals surface area (Å²) >= 11 is 0. The molecule has 0 saturated carbocycles. The van der Waals surface area contributed by atoms with Gasteiger partial charge in [-0.25, -0.2) is 17.5 Å². The summed E-state index contributed by atoms with van der Waals surface area (Å²) in [6, 6.07) is 7.46. The fraction of sp³-hybridized carbons (Fsp3) is 0.167. The molecule has 0 fully saturated rings. The normalized spacial score (nSPS) is 11.7. The summed E-state index contributed by atoms with van der Waals surface area (Å²) in [5.74, 6) is -0.443. The number of halogens is 1. The van der Waals surface area contributed by atoms with Gasteiger partial charge >= 0.3 is 0 Å². The van der Waals surface area contributed by atoms with E-state index >= 15 is 0 Å². The second kappa shape index (κ2) is 5.52. The van der Waals surface area contributed by atoms with E-state index < -0.39 is 15.8 Å². The largest absolute Gasteiger partial charge is 0.363 e. The van der Waals surface area contributed by atoms with E-state index in [2.05, 4.69) is 9.71 Å². The molecule has 1 heterocycles. The molecular weight excluding hydrogens is 269 g/mol. The third kappa shape index (κ3) is 3.19. The number of H-pyrrole nitrogens is 1. The second-order valence-electron chi connectivity index (χ2n) is 3.98. The molecule has 7 heteroatoms. The average Bonchev–Trinajstić information content (AvgIpc) is 2.87. The molecule has 19 heavy (non-hydrogen) atoms. The minimum Gasteiger partial charge on any atom is -0.363 e. The van der Waals surface area contributed by atoms with Gasteiger partial charge in [0.05, 0.1) is 4.90 Å². The maximum Gasteiger partial charge on any atom is 0.242 e. The summed E-state index contributed by atoms with van der Waals surface area (Å²) in [7, 11) is -3.67. The molecule has 0 saturated heterocycles. The monoisotopic (exact) mass is 283 g/mol. The van der Waals surface area contributed by atoms with Gasteiger partial charge in [-0.05, 0) is 12.1 Å². The molecule has 0 aliphatic heterocycles. The van der Waals surface area contributed by atoms with Crippen LogP contribution in [0.5, 0.6) is 0 Å². The molecule has 2 rings (SSSR count). The van der Waals surface area contributed by atoms with E-state index in [-0.39, 0.29) is 18.0 Å². The Morgan fingerprint density at radius 1 is 1.32 bits per heavy atom. The molecule has 0 aliphatic rings. The number of sulfonamides is 1. The Bertz CT molecular complexity index is 667. The highest BCUT2D eigenvalue weighted by Gasteiger charge is 2.16. The van der Waals surface area contributed by atoms with Crippen LogP contribution in [0, 0.1) is 5.82 Å². The SMILES string of the molecule is NCc1cc(S(=O)(=O)NCc2ccccc2F)c[nH]1. The lowest BCUT2D eigenvalue weighted by Crippen LogP contribution is -2.23. The average molecular weight is 283 g/mol. The van der Waals surface area contributed by atoms with Gasteiger partial charge in [-0.3, -0.25) is 0 Å². The maximum atomic E-state index is 13.4. The molecule has 0 unspecified atom stereocenters. The Morgan fingerprint density at radius 2 is 2.05 bits per heavy atom. The first-order chi connectivity index (χ1) is 9.03. The number of hydrogen-bond donors (Lipinski definition) is 3. The van der Waals surface area contributed by atoms with E-state index in [4.69, 9.17) is 5.73 Å². The van der Waals surface area contributed by atoms with Crippen LogP contribution in [0.25, 0.3) is 0 Å². The van der Waals surface area contributed by atoms with Gasteiger partial charge in [0.25, 0.3) is 0 Å². The van der Waals surface area contributed by atoms with Crippen molar-refractivity contribution in [2.75, 3.05) is 0 Å². The topological polar surface area (TPSA) is 88.0 Å². The van der Waals surface area contributed by atoms with Crippen LogP contribution in [0.15, 0.2) is 41.4 Å². The summed E-state index contributed by atoms with van der Waals surface area (Å²) < 4.78 is 39.6. The first-order valence-corrected chi connectivity index (χ1v) is 7.11. The Balaban J connectivity index is 2.12. The van der Waals surface area contributed by atoms with Gasteiger partial charge in [0.1, 0.15) is 5.82 Å². The molecule has 5 nitrogen and oxygen atoms in total. The quantitative estimate of drug-likeness (QED) is 0.767. The molecule has 4 N–H and O–H groups in total. The molecule has 2 aromatic rings. The van der Waals surface area contributed by atoms with Crippen molar-refractivity contribution >= 4 is 10.0 Å². The van der Waals surface area contributed by atoms with Gasteiger partial charge in [0.2, 0.25) is 10.0 Å². The van der Waals surface area contributed by atoms with Gasteiger partial charge in [-0.1, -0.05) is 18.2 Å². The Kier molecular flexibility index (Phi) is 3.98. The maximum absolute atomic E-state index is 13.4. The first-order valence-electron chi connectivity index (χ1n) is 5.63. The number of benzene rings is 1. The minimum atomic E-state index is -3.67. The summed E-state index contributed by atoms with van der Waals surface area (Å²) in [4.78, 5) is 2.84. The fourth-order valence-corrected chi connectivity index (χ4v) is 2.61. The first kappa shape index (κ1) is 13.7. The zero-order chi connectivity index (χ0) is 13.9. The number of nitrogens with one attached hydrogen (secondary N) is 2. The Morgan fingerprint density at radius 3 is 2.68 bits per heavy atom. The predicted molar refractivity (Wildman–Crippen MR) is 69.1 cm³/mol. The van der Waals surface area contributed by atoms with Crippen molar-refractivity contribution in [3.8, 4) is 0 Å². The molecule has 0 aliphatic carbocycles. The zero-order valence-electron chi connectivity index (χ0n) is 10.1. The van der Waals surface area contributed by atoms with Crippen LogP contribution in [0.4, 0.5) is 4.39 Å². The third-order valence-electron chi connectivity index (χ3n) is 2.66. The van der Waals surface area contributed by atoms with Gasteiger partial charge < -0.3 is 10.7 Å². The molecule has 1 aromatic carbocycles. The minimum absolute atomic E-state index is 0.0873. The number of aromatic nitrogens is 1. The summed E-state index contributed by atoms with van der Waals surface area (Å²) in [6.45, 7) is 0.126. The Hall–Kier alpha value is -1.70. The summed E-state index contributed by atoms with van der Waals surface area (Å²) in [6.07, 6.45) is 1.35. The van der Waals surface area contributed by atoms with E-state index in [9.17, 15) is 12.8 Å². The van der Waals surface area contributed by atoms with Crippen molar-refractivity contribution in [3.05, 3.63) is 53.6 Å². The lowest BCUT2D eigenvalue weighted by atomic mass is 10.2. The van der Waals surface area contributed by atoms with E-state index in [1.54, 1.807) is 12.1 Å². The Labute approximate surface area is 110 Å². The van der Waals surface area contributed by atoms with E-state index in [0.29, 0.717) is 11.3 Å². The number of nitrogens with two attached hydrogens (primary N) is 1. The van der Waals surface area contributed by atoms with Crippen LogP contribution in [-0.4, -0.2) is 13.4 Å². The zero-order valence-corrected chi connectivity index (χ0v) is 10.9. The standard InChI is InChI=1S/C12H14FN3O2S/c13-12-4-2-1-3-9(12)7-16-19(17,18)11-5-10(6-14)15-8-11/h1-5,8,15-16H,6-7,14H2. The van der Waals surface area contributed by atoms with Crippen molar-refractivity contribution in [2.45, 2.75) is 18.0 Å². The highest BCUT2D eigenvalue weighted by atomic mass is 32.2. The van der Waals surface area contributed by atoms with Gasteiger partial charge in [0, 0.05) is 30.5 Å². The van der Waals surface area contributed by atoms with Crippen molar-refractivity contribution < 1.29 is 12.8 Å². The van der Waals surface area contributed by atoms with Crippen LogP contribution in [-0.2, 0) is 23.1 Å². The van der Waals surface area contributed by atoms with Crippen molar-refractivity contribution in [3.63, 3.8) is 0 Å². The molecular formula is C12H14FN3O2S. The lowest BCUT2D eigenvalue weighted by Gasteiger charge is -2.05. The number of aromatic amines is 1. The highest BCUT2D eigenvalue weighted by molar-refractivity contribution is 7.89. The second-order valence-corrected chi connectivity index (χ2v) is 5.75. The van der Waals surface area contributed by atoms with Gasteiger partial charge in [0.15, 0.2) is 0 Å². The molecule has 0 bridgehead atoms. The smallest absolute Gasteiger partial charge is 0.242 e. The summed E-state index contributed by atoms with van der Waals surface area (Å²) in [5, 5.41) is 0. The molecule has 102 valence electrons. The fourth-order valence-electron chi connectivity index (χ4n) is 1.59. The van der Waals surface area contributed by atoms with E-state index in [0.717, 1.165) is 0 Å². The van der Waals surface area contributed by atoms with Crippen LogP contribution in [0.2, 0.25) is 0 Å². The van der Waals surface area contributed by atoms with E-state index in [1.165, 1.54) is 24.4 Å². The predicted octanol–water partition coefficient (Wildman–Crippen LogP) is 1.09. The summed E-state index contributed by atoms with van der Waals surface area (Å²) in [5.41, 5.74) is 6.30. The lowest BCUT2D eigenvalue weighted by molar-refractivity contribution is 0.574. The van der Waals surface area contributed by atoms with Crippen LogP contribution < -0.4 is 10.5 Å². The van der Waals surface area contributed by atoms with Gasteiger partial charge in [-0.15, -0.1) is 0 Å². The molecule has 0 atom stereocenters. The van der Waals surface area contributed by atoms with Crippen LogP contribution in [0.3, 0.4) is 0 Å². The molecule has 1 aromatic heterocycles. The molecule has 0 radical (unpaired) electrons. The van der Waals surface area contributed by atoms with E-state index in [1.807, 2.05) is 0 Å². The van der Waals surface area contributed by atoms with Gasteiger partial charge in [-0.2, -0.15) is 0 Å². The van der Waals surface area contributed by atoms with Crippen molar-refractivity contribution in [1.29, 1.82) is 0 Å². The van der Waals surface area contributed by atoms with Crippen molar-refractivity contribution in [1.82, 2.24) is 9.71 Å².